The summed E-state index contributed by atoms with van der Waals surface area (Å²) in [5, 5.41) is 0. The largest absolute Gasteiger partial charge is 0.294 e. The third-order valence-electron chi connectivity index (χ3n) is 6.42. The molecule has 4 nitrogen and oxygen atoms in total. The molecule has 0 saturated carbocycles. The second-order valence-corrected chi connectivity index (χ2v) is 9.60. The average molecular weight is 518 g/mol. The van der Waals surface area contributed by atoms with Gasteiger partial charge in [0.1, 0.15) is 11.6 Å². The molecule has 0 saturated heterocycles. The first-order chi connectivity index (χ1) is 16.5. The number of aryl methyl sites for hydroxylation is 1. The van der Waals surface area contributed by atoms with Crippen molar-refractivity contribution < 1.29 is 4.39 Å². The second kappa shape index (κ2) is 9.65. The number of hydrogen-bond acceptors (Lipinski definition) is 3. The molecule has 1 aliphatic heterocycles. The van der Waals surface area contributed by atoms with E-state index in [1.807, 2.05) is 78.2 Å². The summed E-state index contributed by atoms with van der Waals surface area (Å²) >= 11 is 3.31. The van der Waals surface area contributed by atoms with Gasteiger partial charge in [0, 0.05) is 36.1 Å². The van der Waals surface area contributed by atoms with Crippen molar-refractivity contribution in [2.45, 2.75) is 32.5 Å². The Bertz CT molecular complexity index is 1330. The van der Waals surface area contributed by atoms with Gasteiger partial charge in [-0.15, -0.1) is 0 Å². The minimum Gasteiger partial charge on any atom is -0.294 e. The highest BCUT2D eigenvalue weighted by atomic mass is 79.9. The highest BCUT2D eigenvalue weighted by Crippen LogP contribution is 2.28. The summed E-state index contributed by atoms with van der Waals surface area (Å²) in [5.74, 6) is 0.460. The van der Waals surface area contributed by atoms with Crippen molar-refractivity contribution >= 4 is 15.9 Å². The van der Waals surface area contributed by atoms with Gasteiger partial charge >= 0.3 is 0 Å². The number of halogens is 2. The molecule has 0 unspecified atom stereocenters. The van der Waals surface area contributed by atoms with Crippen LogP contribution in [-0.4, -0.2) is 21.0 Å². The summed E-state index contributed by atoms with van der Waals surface area (Å²) < 4.78 is 17.0. The number of aromatic nitrogens is 2. The lowest BCUT2D eigenvalue weighted by Gasteiger charge is -2.30. The van der Waals surface area contributed by atoms with Crippen LogP contribution in [0.1, 0.15) is 39.8 Å². The van der Waals surface area contributed by atoms with Gasteiger partial charge in [-0.2, -0.15) is 0 Å². The first-order valence-corrected chi connectivity index (χ1v) is 12.2. The molecule has 0 amide bonds. The minimum atomic E-state index is -0.271. The molecule has 1 aromatic heterocycles. The van der Waals surface area contributed by atoms with Gasteiger partial charge in [-0.3, -0.25) is 14.3 Å². The lowest BCUT2D eigenvalue weighted by atomic mass is 9.97. The number of hydrogen-bond donors (Lipinski definition) is 0. The SMILES string of the molecule is Cc1nc2c(c(=O)n1C(c1ccccc1)c1ccccc1)CN(Cc1ccc(Br)cc1F)CC2. The van der Waals surface area contributed by atoms with Gasteiger partial charge in [-0.05, 0) is 30.2 Å². The summed E-state index contributed by atoms with van der Waals surface area (Å²) in [7, 11) is 0. The zero-order valence-corrected chi connectivity index (χ0v) is 20.5. The van der Waals surface area contributed by atoms with Gasteiger partial charge in [-0.25, -0.2) is 9.37 Å². The Balaban J connectivity index is 1.55. The Morgan fingerprint density at radius 1 is 1.00 bits per heavy atom. The van der Waals surface area contributed by atoms with Crippen molar-refractivity contribution in [3.63, 3.8) is 0 Å². The summed E-state index contributed by atoms with van der Waals surface area (Å²) in [5.41, 5.74) is 4.22. The van der Waals surface area contributed by atoms with Crippen LogP contribution in [0.4, 0.5) is 4.39 Å². The highest BCUT2D eigenvalue weighted by molar-refractivity contribution is 9.10. The lowest BCUT2D eigenvalue weighted by Crippen LogP contribution is -2.40. The summed E-state index contributed by atoms with van der Waals surface area (Å²) in [4.78, 5) is 20.9. The van der Waals surface area contributed by atoms with E-state index in [0.717, 1.165) is 23.4 Å². The van der Waals surface area contributed by atoms with Crippen LogP contribution in [0, 0.1) is 12.7 Å². The molecule has 0 radical (unpaired) electrons. The van der Waals surface area contributed by atoms with Crippen molar-refractivity contribution in [2.75, 3.05) is 6.54 Å². The number of nitrogens with zero attached hydrogens (tertiary/aromatic N) is 3. The average Bonchev–Trinajstić information content (AvgIpc) is 2.85. The Morgan fingerprint density at radius 2 is 1.65 bits per heavy atom. The summed E-state index contributed by atoms with van der Waals surface area (Å²) in [6.45, 7) is 3.54. The molecule has 4 aromatic rings. The van der Waals surface area contributed by atoms with Crippen LogP contribution < -0.4 is 5.56 Å². The molecule has 1 aliphatic rings. The number of fused-ring (bicyclic) bond motifs is 1. The van der Waals surface area contributed by atoms with E-state index >= 15 is 0 Å². The van der Waals surface area contributed by atoms with Crippen LogP contribution in [0.3, 0.4) is 0 Å². The molecular formula is C28H25BrFN3O. The van der Waals surface area contributed by atoms with Crippen molar-refractivity contribution in [3.8, 4) is 0 Å². The molecule has 0 atom stereocenters. The fraction of sp³-hybridized carbons (Fsp3) is 0.214. The standard InChI is InChI=1S/C28H25BrFN3O/c1-19-31-26-14-15-32(17-22-12-13-23(29)16-25(22)30)18-24(26)28(34)33(19)27(20-8-4-2-5-9-20)21-10-6-3-7-11-21/h2-13,16,27H,14-15,17-18H2,1H3. The maximum Gasteiger partial charge on any atom is 0.259 e. The Kier molecular flexibility index (Phi) is 6.44. The lowest BCUT2D eigenvalue weighted by molar-refractivity contribution is 0.237. The fourth-order valence-corrected chi connectivity index (χ4v) is 5.09. The fourth-order valence-electron chi connectivity index (χ4n) is 4.76. The smallest absolute Gasteiger partial charge is 0.259 e. The van der Waals surface area contributed by atoms with Gasteiger partial charge in [0.05, 0.1) is 17.3 Å². The third kappa shape index (κ3) is 4.48. The molecule has 0 spiro atoms. The molecule has 3 aromatic carbocycles. The minimum absolute atomic E-state index is 0.0267. The molecule has 0 N–H and O–H groups in total. The van der Waals surface area contributed by atoms with Crippen LogP contribution in [0.15, 0.2) is 88.1 Å². The van der Waals surface area contributed by atoms with Gasteiger partial charge in [0.2, 0.25) is 0 Å². The normalized spacial score (nSPS) is 13.8. The van der Waals surface area contributed by atoms with E-state index in [0.29, 0.717) is 40.9 Å². The maximum absolute atomic E-state index is 14.4. The molecule has 0 bridgehead atoms. The summed E-state index contributed by atoms with van der Waals surface area (Å²) in [6.07, 6.45) is 0.672. The van der Waals surface area contributed by atoms with Crippen molar-refractivity contribution in [2.24, 2.45) is 0 Å². The van der Waals surface area contributed by atoms with Crippen molar-refractivity contribution in [3.05, 3.63) is 133 Å². The monoisotopic (exact) mass is 517 g/mol. The topological polar surface area (TPSA) is 38.1 Å². The van der Waals surface area contributed by atoms with E-state index in [9.17, 15) is 9.18 Å². The Hall–Kier alpha value is -3.09. The van der Waals surface area contributed by atoms with E-state index in [2.05, 4.69) is 20.8 Å². The first-order valence-electron chi connectivity index (χ1n) is 11.4. The molecule has 5 rings (SSSR count). The Morgan fingerprint density at radius 3 is 2.26 bits per heavy atom. The van der Waals surface area contributed by atoms with E-state index in [1.165, 1.54) is 6.07 Å². The van der Waals surface area contributed by atoms with Gasteiger partial charge in [0.15, 0.2) is 0 Å². The predicted octanol–water partition coefficient (Wildman–Crippen LogP) is 5.65. The molecule has 0 fully saturated rings. The van der Waals surface area contributed by atoms with Crippen molar-refractivity contribution in [1.82, 2.24) is 14.5 Å². The van der Waals surface area contributed by atoms with E-state index in [1.54, 1.807) is 6.07 Å². The Labute approximate surface area is 206 Å². The molecule has 2 heterocycles. The zero-order chi connectivity index (χ0) is 23.7. The number of rotatable bonds is 5. The predicted molar refractivity (Wildman–Crippen MR) is 135 cm³/mol. The quantitative estimate of drug-likeness (QED) is 0.343. The van der Waals surface area contributed by atoms with Crippen LogP contribution >= 0.6 is 15.9 Å². The van der Waals surface area contributed by atoms with Crippen molar-refractivity contribution in [1.29, 1.82) is 0 Å². The van der Waals surface area contributed by atoms with E-state index in [-0.39, 0.29) is 17.4 Å². The van der Waals surface area contributed by atoms with Crippen LogP contribution in [0.25, 0.3) is 0 Å². The third-order valence-corrected chi connectivity index (χ3v) is 6.91. The van der Waals surface area contributed by atoms with Gasteiger partial charge < -0.3 is 0 Å². The van der Waals surface area contributed by atoms with Gasteiger partial charge in [0.25, 0.3) is 5.56 Å². The maximum atomic E-state index is 14.4. The molecular weight excluding hydrogens is 493 g/mol. The second-order valence-electron chi connectivity index (χ2n) is 8.68. The van der Waals surface area contributed by atoms with E-state index in [4.69, 9.17) is 4.98 Å². The first kappa shape index (κ1) is 22.7. The van der Waals surface area contributed by atoms with Crippen LogP contribution in [0.5, 0.6) is 0 Å². The molecule has 34 heavy (non-hydrogen) atoms. The van der Waals surface area contributed by atoms with Crippen LogP contribution in [0.2, 0.25) is 0 Å². The highest BCUT2D eigenvalue weighted by Gasteiger charge is 2.27. The van der Waals surface area contributed by atoms with Gasteiger partial charge in [-0.1, -0.05) is 82.7 Å². The van der Waals surface area contributed by atoms with E-state index < -0.39 is 0 Å². The zero-order valence-electron chi connectivity index (χ0n) is 18.9. The molecule has 0 aliphatic carbocycles. The van der Waals surface area contributed by atoms with Crippen LogP contribution in [-0.2, 0) is 19.5 Å². The summed E-state index contributed by atoms with van der Waals surface area (Å²) in [6, 6.07) is 25.0. The number of benzene rings is 3. The molecule has 6 heteroatoms. The molecule has 172 valence electrons.